The molecule has 1 aromatic carbocycles. The third kappa shape index (κ3) is 7.08. The van der Waals surface area contributed by atoms with E-state index in [1.807, 2.05) is 39.0 Å². The third-order valence-corrected chi connectivity index (χ3v) is 5.29. The van der Waals surface area contributed by atoms with Crippen molar-refractivity contribution in [1.82, 2.24) is 15.5 Å². The molecule has 0 spiro atoms. The van der Waals surface area contributed by atoms with Crippen molar-refractivity contribution < 1.29 is 14.1 Å². The van der Waals surface area contributed by atoms with E-state index in [1.165, 1.54) is 12.8 Å². The number of aryl methyl sites for hydroxylation is 1. The standard InChI is InChI=1S/C23H33N5O3/c1-16(2)23-26-22(31-27-23)11-7-10-20(29)24-17(3)14-21(30)25-18-8-6-9-19(15-18)28-12-4-5-13-28/h6,8-9,15-17H,4-5,7,10-14H2,1-3H3,(H,24,29)(H,25,30). The Morgan fingerprint density at radius 1 is 1.16 bits per heavy atom. The van der Waals surface area contributed by atoms with Crippen LogP contribution in [0.15, 0.2) is 28.8 Å². The monoisotopic (exact) mass is 427 g/mol. The van der Waals surface area contributed by atoms with Gasteiger partial charge in [-0.25, -0.2) is 0 Å². The van der Waals surface area contributed by atoms with E-state index in [1.54, 1.807) is 0 Å². The van der Waals surface area contributed by atoms with E-state index in [4.69, 9.17) is 4.52 Å². The van der Waals surface area contributed by atoms with Gasteiger partial charge >= 0.3 is 0 Å². The van der Waals surface area contributed by atoms with Gasteiger partial charge in [0.2, 0.25) is 17.7 Å². The van der Waals surface area contributed by atoms with Crippen LogP contribution in [0.3, 0.4) is 0 Å². The molecule has 0 bridgehead atoms. The summed E-state index contributed by atoms with van der Waals surface area (Å²) in [6.45, 7) is 7.97. The second kappa shape index (κ2) is 10.9. The minimum Gasteiger partial charge on any atom is -0.371 e. The van der Waals surface area contributed by atoms with Crippen LogP contribution in [-0.2, 0) is 16.0 Å². The van der Waals surface area contributed by atoms with Gasteiger partial charge in [-0.15, -0.1) is 0 Å². The maximum Gasteiger partial charge on any atom is 0.226 e. The molecule has 8 nitrogen and oxygen atoms in total. The van der Waals surface area contributed by atoms with Gasteiger partial charge in [-0.3, -0.25) is 9.59 Å². The number of nitrogens with one attached hydrogen (secondary N) is 2. The second-order valence-corrected chi connectivity index (χ2v) is 8.52. The number of anilines is 2. The lowest BCUT2D eigenvalue weighted by atomic mass is 10.2. The van der Waals surface area contributed by atoms with Crippen molar-refractivity contribution in [2.45, 2.75) is 71.3 Å². The molecule has 3 rings (SSSR count). The molecule has 1 fully saturated rings. The van der Waals surface area contributed by atoms with Gasteiger partial charge in [-0.1, -0.05) is 25.1 Å². The zero-order valence-electron chi connectivity index (χ0n) is 18.7. The predicted octanol–water partition coefficient (Wildman–Crippen LogP) is 3.65. The molecule has 0 aliphatic carbocycles. The van der Waals surface area contributed by atoms with Crippen molar-refractivity contribution >= 4 is 23.2 Å². The predicted molar refractivity (Wildman–Crippen MR) is 120 cm³/mol. The minimum absolute atomic E-state index is 0.0834. The van der Waals surface area contributed by atoms with Crippen molar-refractivity contribution in [3.05, 3.63) is 36.0 Å². The summed E-state index contributed by atoms with van der Waals surface area (Å²) in [5.74, 6) is 1.26. The van der Waals surface area contributed by atoms with Crippen LogP contribution in [0.5, 0.6) is 0 Å². The van der Waals surface area contributed by atoms with E-state index in [0.29, 0.717) is 31.0 Å². The molecular weight excluding hydrogens is 394 g/mol. The van der Waals surface area contributed by atoms with E-state index in [2.05, 4.69) is 31.7 Å². The van der Waals surface area contributed by atoms with E-state index >= 15 is 0 Å². The lowest BCUT2D eigenvalue weighted by molar-refractivity contribution is -0.122. The first-order valence-electron chi connectivity index (χ1n) is 11.2. The molecule has 1 aliphatic heterocycles. The highest BCUT2D eigenvalue weighted by Gasteiger charge is 2.15. The summed E-state index contributed by atoms with van der Waals surface area (Å²) in [4.78, 5) is 31.2. The smallest absolute Gasteiger partial charge is 0.226 e. The second-order valence-electron chi connectivity index (χ2n) is 8.52. The van der Waals surface area contributed by atoms with Crippen LogP contribution in [-0.4, -0.2) is 41.1 Å². The molecule has 1 saturated heterocycles. The zero-order chi connectivity index (χ0) is 22.2. The summed E-state index contributed by atoms with van der Waals surface area (Å²) in [5, 5.41) is 9.75. The maximum absolute atomic E-state index is 12.4. The Hall–Kier alpha value is -2.90. The molecule has 0 radical (unpaired) electrons. The third-order valence-electron chi connectivity index (χ3n) is 5.29. The number of benzene rings is 1. The molecule has 2 N–H and O–H groups in total. The molecule has 8 heteroatoms. The highest BCUT2D eigenvalue weighted by molar-refractivity contribution is 5.92. The van der Waals surface area contributed by atoms with Crippen LogP contribution in [0.25, 0.3) is 0 Å². The van der Waals surface area contributed by atoms with E-state index in [-0.39, 0.29) is 30.2 Å². The molecule has 2 heterocycles. The molecule has 168 valence electrons. The summed E-state index contributed by atoms with van der Waals surface area (Å²) in [6, 6.07) is 7.69. The first-order valence-corrected chi connectivity index (χ1v) is 11.2. The van der Waals surface area contributed by atoms with Crippen molar-refractivity contribution in [2.24, 2.45) is 0 Å². The maximum atomic E-state index is 12.4. The Kier molecular flexibility index (Phi) is 8.03. The first kappa shape index (κ1) is 22.8. The van der Waals surface area contributed by atoms with Gasteiger partial charge in [0, 0.05) is 55.7 Å². The first-order chi connectivity index (χ1) is 14.9. The minimum atomic E-state index is -0.245. The van der Waals surface area contributed by atoms with Crippen molar-refractivity contribution in [1.29, 1.82) is 0 Å². The topological polar surface area (TPSA) is 100 Å². The van der Waals surface area contributed by atoms with Gasteiger partial charge in [-0.2, -0.15) is 4.98 Å². The quantitative estimate of drug-likeness (QED) is 0.600. The summed E-state index contributed by atoms with van der Waals surface area (Å²) in [6.07, 6.45) is 4.18. The van der Waals surface area contributed by atoms with E-state index in [0.717, 1.165) is 24.5 Å². The molecule has 1 aromatic heterocycles. The number of carbonyl (C=O) groups is 2. The molecule has 2 aromatic rings. The number of amides is 2. The molecule has 1 aliphatic rings. The number of hydrogen-bond donors (Lipinski definition) is 2. The number of nitrogens with zero attached hydrogens (tertiary/aromatic N) is 3. The van der Waals surface area contributed by atoms with Crippen LogP contribution < -0.4 is 15.5 Å². The van der Waals surface area contributed by atoms with Crippen LogP contribution in [0.2, 0.25) is 0 Å². The summed E-state index contributed by atoms with van der Waals surface area (Å²) < 4.78 is 5.19. The van der Waals surface area contributed by atoms with Gasteiger partial charge in [-0.05, 0) is 44.4 Å². The van der Waals surface area contributed by atoms with Gasteiger partial charge in [0.05, 0.1) is 0 Å². The number of hydrogen-bond acceptors (Lipinski definition) is 6. The van der Waals surface area contributed by atoms with Crippen molar-refractivity contribution in [2.75, 3.05) is 23.3 Å². The summed E-state index contributed by atoms with van der Waals surface area (Å²) in [5.41, 5.74) is 1.92. The molecular formula is C23H33N5O3. The fourth-order valence-corrected chi connectivity index (χ4v) is 3.65. The van der Waals surface area contributed by atoms with Gasteiger partial charge in [0.1, 0.15) is 0 Å². The highest BCUT2D eigenvalue weighted by atomic mass is 16.5. The number of aromatic nitrogens is 2. The van der Waals surface area contributed by atoms with Crippen molar-refractivity contribution in [3.63, 3.8) is 0 Å². The van der Waals surface area contributed by atoms with Gasteiger partial charge in [0.25, 0.3) is 0 Å². The summed E-state index contributed by atoms with van der Waals surface area (Å²) in [7, 11) is 0. The van der Waals surface area contributed by atoms with Crippen LogP contribution in [0.4, 0.5) is 11.4 Å². The van der Waals surface area contributed by atoms with E-state index < -0.39 is 0 Å². The Balaban J connectivity index is 1.37. The number of rotatable bonds is 10. The Bertz CT molecular complexity index is 874. The van der Waals surface area contributed by atoms with Crippen LogP contribution in [0, 0.1) is 0 Å². The average Bonchev–Trinajstić information content (AvgIpc) is 3.40. The fraction of sp³-hybridized carbons (Fsp3) is 0.565. The Labute approximate surface area is 183 Å². The molecule has 31 heavy (non-hydrogen) atoms. The molecule has 2 amide bonds. The highest BCUT2D eigenvalue weighted by Crippen LogP contribution is 2.23. The van der Waals surface area contributed by atoms with Gasteiger partial charge < -0.3 is 20.1 Å². The molecule has 1 atom stereocenters. The number of carbonyl (C=O) groups excluding carboxylic acids is 2. The van der Waals surface area contributed by atoms with E-state index in [9.17, 15) is 9.59 Å². The SMILES string of the molecule is CC(CC(=O)Nc1cccc(N2CCCC2)c1)NC(=O)CCCc1nc(C(C)C)no1. The zero-order valence-corrected chi connectivity index (χ0v) is 18.7. The Morgan fingerprint density at radius 2 is 1.94 bits per heavy atom. The fourth-order valence-electron chi connectivity index (χ4n) is 3.65. The average molecular weight is 428 g/mol. The van der Waals surface area contributed by atoms with Gasteiger partial charge in [0.15, 0.2) is 5.82 Å². The normalized spacial score (nSPS) is 14.6. The Morgan fingerprint density at radius 3 is 2.65 bits per heavy atom. The molecule has 0 saturated carbocycles. The van der Waals surface area contributed by atoms with Crippen LogP contribution in [0.1, 0.15) is 70.5 Å². The lowest BCUT2D eigenvalue weighted by Crippen LogP contribution is -2.35. The van der Waals surface area contributed by atoms with Crippen LogP contribution >= 0.6 is 0 Å². The lowest BCUT2D eigenvalue weighted by Gasteiger charge is -2.19. The van der Waals surface area contributed by atoms with Crippen molar-refractivity contribution in [3.8, 4) is 0 Å². The largest absolute Gasteiger partial charge is 0.371 e. The summed E-state index contributed by atoms with van der Waals surface area (Å²) >= 11 is 0. The molecule has 1 unspecified atom stereocenters.